The maximum absolute atomic E-state index is 14.4. The summed E-state index contributed by atoms with van der Waals surface area (Å²) in [5.41, 5.74) is -1.40. The number of cyclic esters (lactones) is 1. The van der Waals surface area contributed by atoms with Gasteiger partial charge in [0.25, 0.3) is 5.91 Å². The number of nitrogens with one attached hydrogen (secondary N) is 4. The Labute approximate surface area is 311 Å². The minimum atomic E-state index is -3.97. The molecule has 0 radical (unpaired) electrons. The van der Waals surface area contributed by atoms with Gasteiger partial charge >= 0.3 is 12.2 Å². The van der Waals surface area contributed by atoms with Crippen molar-refractivity contribution in [1.82, 2.24) is 20.3 Å². The van der Waals surface area contributed by atoms with E-state index in [0.29, 0.717) is 37.1 Å². The van der Waals surface area contributed by atoms with Gasteiger partial charge in [0.1, 0.15) is 29.5 Å². The molecule has 2 aliphatic heterocycles. The third-order valence-electron chi connectivity index (χ3n) is 9.84. The fourth-order valence-electron chi connectivity index (χ4n) is 6.17. The van der Waals surface area contributed by atoms with E-state index < -0.39 is 80.2 Å². The van der Waals surface area contributed by atoms with Crippen molar-refractivity contribution < 1.29 is 46.6 Å². The summed E-state index contributed by atoms with van der Waals surface area (Å²) in [4.78, 5) is 69.5. The molecule has 1 aliphatic carbocycles. The molecule has 2 fully saturated rings. The molecule has 0 aromatic heterocycles. The van der Waals surface area contributed by atoms with Crippen molar-refractivity contribution in [3.63, 3.8) is 0 Å². The zero-order valence-corrected chi connectivity index (χ0v) is 32.2. The first kappa shape index (κ1) is 41.2. The van der Waals surface area contributed by atoms with E-state index in [-0.39, 0.29) is 19.6 Å². The van der Waals surface area contributed by atoms with E-state index in [1.807, 2.05) is 12.2 Å². The van der Waals surface area contributed by atoms with Crippen LogP contribution in [0.5, 0.6) is 5.75 Å². The van der Waals surface area contributed by atoms with Crippen LogP contribution in [0.3, 0.4) is 0 Å². The van der Waals surface area contributed by atoms with Crippen LogP contribution in [0.1, 0.15) is 78.7 Å². The fraction of sp³-hybridized carbons (Fsp3) is 0.595. The van der Waals surface area contributed by atoms with Crippen molar-refractivity contribution in [2.75, 3.05) is 25.6 Å². The number of amides is 5. The van der Waals surface area contributed by atoms with Gasteiger partial charge in [-0.3, -0.25) is 24.4 Å². The predicted octanol–water partition coefficient (Wildman–Crippen LogP) is 3.94. The third kappa shape index (κ3) is 10.5. The van der Waals surface area contributed by atoms with Gasteiger partial charge in [0.15, 0.2) is 0 Å². The number of allylic oxidation sites excluding steroid dienone is 2. The van der Waals surface area contributed by atoms with Gasteiger partial charge in [-0.1, -0.05) is 45.9 Å². The molecule has 5 atom stereocenters. The van der Waals surface area contributed by atoms with E-state index in [4.69, 9.17) is 14.2 Å². The highest BCUT2D eigenvalue weighted by Crippen LogP contribution is 2.31. The Hall–Kier alpha value is -4.60. The maximum atomic E-state index is 14.4. The standard InChI is InChI=1S/C37H53N5O10S/c1-8-23(2)37(6,33(45)41-53(48,49)27-16-17-27)40-31(43)28-21-26-22-42(28)32(44)30(36(3,4)5)39-34(46)51-19-13-11-9-10-12-14-24-20-25(38-35(47)52-26)15-18-29(24)50-7/h8,10,12,15,18,20,23,26-28,30H,1,9,11,13-14,16-17,19,21-22H2,2-7H3,(H,38,47)(H,39,46)(H,40,43)(H,41,45)/b12-10-/t23-,26+,28-,30+,37+/m0/s1. The molecule has 4 N–H and O–H groups in total. The summed E-state index contributed by atoms with van der Waals surface area (Å²) in [6, 6.07) is 2.70. The lowest BCUT2D eigenvalue weighted by Gasteiger charge is -2.37. The van der Waals surface area contributed by atoms with Gasteiger partial charge < -0.3 is 29.7 Å². The molecule has 292 valence electrons. The zero-order valence-electron chi connectivity index (χ0n) is 31.4. The van der Waals surface area contributed by atoms with Gasteiger partial charge in [-0.2, -0.15) is 0 Å². The zero-order chi connectivity index (χ0) is 39.1. The van der Waals surface area contributed by atoms with Crippen LogP contribution in [0.2, 0.25) is 0 Å². The summed E-state index contributed by atoms with van der Waals surface area (Å²) in [5.74, 6) is -2.52. The molecule has 1 saturated heterocycles. The number of sulfonamides is 1. The number of anilines is 1. The van der Waals surface area contributed by atoms with E-state index in [0.717, 1.165) is 18.4 Å². The normalized spacial score (nSPS) is 24.4. The van der Waals surface area contributed by atoms with Gasteiger partial charge in [0, 0.05) is 18.0 Å². The second-order valence-corrected chi connectivity index (χ2v) is 17.0. The predicted molar refractivity (Wildman–Crippen MR) is 197 cm³/mol. The molecule has 1 aromatic carbocycles. The third-order valence-corrected chi connectivity index (χ3v) is 11.7. The number of alkyl carbamates (subject to hydrolysis) is 1. The number of benzene rings is 1. The number of carbonyl (C=O) groups excluding carboxylic acids is 5. The van der Waals surface area contributed by atoms with Crippen LogP contribution in [0.4, 0.5) is 15.3 Å². The van der Waals surface area contributed by atoms with Gasteiger partial charge in [-0.15, -0.1) is 6.58 Å². The second kappa shape index (κ2) is 17.0. The van der Waals surface area contributed by atoms with Gasteiger partial charge in [-0.05, 0) is 74.6 Å². The first-order chi connectivity index (χ1) is 24.9. The molecule has 16 heteroatoms. The molecule has 0 spiro atoms. The van der Waals surface area contributed by atoms with Crippen LogP contribution in [0.25, 0.3) is 0 Å². The van der Waals surface area contributed by atoms with Crippen molar-refractivity contribution in [3.8, 4) is 5.75 Å². The minimum Gasteiger partial charge on any atom is -0.496 e. The Bertz CT molecular complexity index is 1700. The lowest BCUT2D eigenvalue weighted by molar-refractivity contribution is -0.143. The van der Waals surface area contributed by atoms with Crippen LogP contribution in [-0.4, -0.2) is 92.5 Å². The van der Waals surface area contributed by atoms with Crippen LogP contribution in [-0.2, 0) is 40.3 Å². The lowest BCUT2D eigenvalue weighted by atomic mass is 9.85. The van der Waals surface area contributed by atoms with Crippen molar-refractivity contribution in [1.29, 1.82) is 0 Å². The van der Waals surface area contributed by atoms with Crippen LogP contribution < -0.4 is 25.4 Å². The number of carbonyl (C=O) groups is 5. The Morgan fingerprint density at radius 2 is 1.81 bits per heavy atom. The SMILES string of the molecule is C=C[C@H](C)[C@@](C)(NC(=O)[C@@H]1C[C@@H]2CN1C(=O)[C@H](C(C)(C)C)NC(=O)OCCCC/C=C\Cc1cc(ccc1OC)NC(=O)O2)C(=O)NS(=O)(=O)C1CC1. The van der Waals surface area contributed by atoms with Crippen molar-refractivity contribution in [2.45, 2.75) is 109 Å². The van der Waals surface area contributed by atoms with Crippen molar-refractivity contribution in [2.24, 2.45) is 11.3 Å². The average Bonchev–Trinajstić information content (AvgIpc) is 3.87. The Morgan fingerprint density at radius 3 is 2.45 bits per heavy atom. The smallest absolute Gasteiger partial charge is 0.411 e. The minimum absolute atomic E-state index is 0.123. The molecule has 4 bridgehead atoms. The molecule has 53 heavy (non-hydrogen) atoms. The average molecular weight is 760 g/mol. The number of rotatable bonds is 8. The summed E-state index contributed by atoms with van der Waals surface area (Å²) in [5, 5.41) is 7.38. The molecule has 1 saturated carbocycles. The van der Waals surface area contributed by atoms with Crippen LogP contribution >= 0.6 is 0 Å². The molecule has 5 amide bonds. The number of hydrogen-bond donors (Lipinski definition) is 4. The number of methoxy groups -OCH3 is 1. The molecule has 0 unspecified atom stereocenters. The monoisotopic (exact) mass is 759 g/mol. The largest absolute Gasteiger partial charge is 0.496 e. The quantitative estimate of drug-likeness (QED) is 0.282. The van der Waals surface area contributed by atoms with Gasteiger partial charge in [-0.25, -0.2) is 18.0 Å². The first-order valence-corrected chi connectivity index (χ1v) is 19.5. The van der Waals surface area contributed by atoms with Crippen LogP contribution in [0, 0.1) is 11.3 Å². The molecular weight excluding hydrogens is 706 g/mol. The van der Waals surface area contributed by atoms with Gasteiger partial charge in [0.05, 0.1) is 25.5 Å². The molecule has 3 aliphatic rings. The van der Waals surface area contributed by atoms with E-state index >= 15 is 0 Å². The van der Waals surface area contributed by atoms with E-state index in [9.17, 15) is 32.4 Å². The summed E-state index contributed by atoms with van der Waals surface area (Å²) < 4.78 is 44.2. The summed E-state index contributed by atoms with van der Waals surface area (Å²) in [6.45, 7) is 11.8. The molecular formula is C37H53N5O10S. The highest BCUT2D eigenvalue weighted by molar-refractivity contribution is 7.91. The number of fused-ring (bicyclic) bond motifs is 4. The second-order valence-electron chi connectivity index (χ2n) is 15.1. The van der Waals surface area contributed by atoms with Crippen molar-refractivity contribution >= 4 is 45.6 Å². The van der Waals surface area contributed by atoms with E-state index in [2.05, 4.69) is 27.3 Å². The summed E-state index contributed by atoms with van der Waals surface area (Å²) in [7, 11) is -2.41. The van der Waals surface area contributed by atoms with Gasteiger partial charge in [0.2, 0.25) is 21.8 Å². The molecule has 2 heterocycles. The first-order valence-electron chi connectivity index (χ1n) is 17.9. The van der Waals surface area contributed by atoms with Crippen LogP contribution in [0.15, 0.2) is 43.0 Å². The Kier molecular flexibility index (Phi) is 13.2. The summed E-state index contributed by atoms with van der Waals surface area (Å²) >= 11 is 0. The topological polar surface area (TPSA) is 199 Å². The molecule has 4 rings (SSSR count). The van der Waals surface area contributed by atoms with E-state index in [1.54, 1.807) is 53.0 Å². The Balaban J connectivity index is 1.66. The number of hydrogen-bond acceptors (Lipinski definition) is 10. The highest BCUT2D eigenvalue weighted by atomic mass is 32.2. The highest BCUT2D eigenvalue weighted by Gasteiger charge is 2.50. The fourth-order valence-corrected chi connectivity index (χ4v) is 7.56. The number of ether oxygens (including phenoxy) is 3. The number of nitrogens with zero attached hydrogens (tertiary/aromatic N) is 1. The van der Waals surface area contributed by atoms with E-state index in [1.165, 1.54) is 17.9 Å². The summed E-state index contributed by atoms with van der Waals surface area (Å²) in [6.07, 6.45) is 6.09. The molecule has 15 nitrogen and oxygen atoms in total. The lowest BCUT2D eigenvalue weighted by Crippen LogP contribution is -2.64. The molecule has 1 aromatic rings. The Morgan fingerprint density at radius 1 is 1.09 bits per heavy atom. The van der Waals surface area contributed by atoms with Crippen molar-refractivity contribution in [3.05, 3.63) is 48.6 Å². The maximum Gasteiger partial charge on any atom is 0.411 e.